The van der Waals surface area contributed by atoms with E-state index in [0.717, 1.165) is 44.3 Å². The summed E-state index contributed by atoms with van der Waals surface area (Å²) in [6, 6.07) is 1.57. The predicted octanol–water partition coefficient (Wildman–Crippen LogP) is 1.11. The molecule has 0 amide bonds. The van der Waals surface area contributed by atoms with E-state index in [1.165, 1.54) is 32.2 Å². The Morgan fingerprint density at radius 1 is 1.00 bits per heavy atom. The number of nitrogens with zero attached hydrogens (tertiary/aromatic N) is 1. The zero-order chi connectivity index (χ0) is 12.8. The van der Waals surface area contributed by atoms with E-state index >= 15 is 0 Å². The highest BCUT2D eigenvalue weighted by molar-refractivity contribution is 4.92. The van der Waals surface area contributed by atoms with Crippen molar-refractivity contribution in [3.8, 4) is 0 Å². The van der Waals surface area contributed by atoms with Gasteiger partial charge in [0.05, 0.1) is 13.2 Å². The normalized spacial score (nSPS) is 27.5. The highest BCUT2D eigenvalue weighted by Gasteiger charge is 2.35. The van der Waals surface area contributed by atoms with Gasteiger partial charge in [0.2, 0.25) is 0 Å². The van der Waals surface area contributed by atoms with E-state index in [2.05, 4.69) is 10.2 Å². The van der Waals surface area contributed by atoms with Crippen LogP contribution in [0.2, 0.25) is 0 Å². The van der Waals surface area contributed by atoms with E-state index in [1.807, 2.05) is 0 Å². The van der Waals surface area contributed by atoms with Crippen molar-refractivity contribution in [2.45, 2.75) is 37.8 Å². The first-order chi connectivity index (χ1) is 8.85. The fraction of sp³-hybridized carbons (Fsp3) is 1.00. The Bertz CT molecular complexity index is 226. The summed E-state index contributed by atoms with van der Waals surface area (Å²) in [6.07, 6.45) is 5.48. The van der Waals surface area contributed by atoms with E-state index in [-0.39, 0.29) is 0 Å². The average molecular weight is 256 g/mol. The van der Waals surface area contributed by atoms with Crippen LogP contribution in [0.25, 0.3) is 0 Å². The van der Waals surface area contributed by atoms with Crippen molar-refractivity contribution < 1.29 is 9.47 Å². The molecule has 4 nitrogen and oxygen atoms in total. The summed E-state index contributed by atoms with van der Waals surface area (Å²) in [5.41, 5.74) is 0. The molecule has 2 fully saturated rings. The zero-order valence-corrected chi connectivity index (χ0v) is 11.9. The highest BCUT2D eigenvalue weighted by Crippen LogP contribution is 2.32. The van der Waals surface area contributed by atoms with Crippen LogP contribution >= 0.6 is 0 Å². The van der Waals surface area contributed by atoms with Crippen LogP contribution in [-0.4, -0.2) is 64.1 Å². The molecular weight excluding hydrogens is 228 g/mol. The van der Waals surface area contributed by atoms with Crippen molar-refractivity contribution in [2.24, 2.45) is 5.92 Å². The minimum absolute atomic E-state index is 0.738. The standard InChI is InChI=1S/C14H28N2O2/c1-17-9-7-16(8-10-18-2)14-6-3-12(14)11-15-13-4-5-13/h12-15H,3-11H2,1-2H3. The van der Waals surface area contributed by atoms with Gasteiger partial charge < -0.3 is 14.8 Å². The van der Waals surface area contributed by atoms with Crippen molar-refractivity contribution in [3.05, 3.63) is 0 Å². The van der Waals surface area contributed by atoms with Gasteiger partial charge in [-0.3, -0.25) is 4.90 Å². The summed E-state index contributed by atoms with van der Waals surface area (Å²) in [4.78, 5) is 2.55. The molecule has 2 rings (SSSR count). The summed E-state index contributed by atoms with van der Waals surface area (Å²) in [6.45, 7) is 4.91. The molecule has 0 aliphatic heterocycles. The summed E-state index contributed by atoms with van der Waals surface area (Å²) >= 11 is 0. The Labute approximate surface area is 111 Å². The van der Waals surface area contributed by atoms with E-state index < -0.39 is 0 Å². The molecule has 0 bridgehead atoms. The van der Waals surface area contributed by atoms with Crippen molar-refractivity contribution in [3.63, 3.8) is 0 Å². The molecule has 0 aromatic heterocycles. The lowest BCUT2D eigenvalue weighted by molar-refractivity contribution is 0.0227. The monoisotopic (exact) mass is 256 g/mol. The van der Waals surface area contributed by atoms with Crippen LogP contribution in [0.5, 0.6) is 0 Å². The maximum Gasteiger partial charge on any atom is 0.0589 e. The van der Waals surface area contributed by atoms with Crippen LogP contribution in [0.15, 0.2) is 0 Å². The fourth-order valence-electron chi connectivity index (χ4n) is 2.74. The van der Waals surface area contributed by atoms with Crippen LogP contribution in [-0.2, 0) is 9.47 Å². The topological polar surface area (TPSA) is 33.7 Å². The zero-order valence-electron chi connectivity index (χ0n) is 11.9. The number of hydrogen-bond acceptors (Lipinski definition) is 4. The third kappa shape index (κ3) is 4.19. The molecule has 0 saturated heterocycles. The molecule has 106 valence electrons. The van der Waals surface area contributed by atoms with Gasteiger partial charge in [-0.15, -0.1) is 0 Å². The molecule has 2 aliphatic carbocycles. The van der Waals surface area contributed by atoms with E-state index in [1.54, 1.807) is 14.2 Å². The van der Waals surface area contributed by atoms with Gasteiger partial charge in [0.25, 0.3) is 0 Å². The van der Waals surface area contributed by atoms with Crippen LogP contribution in [0, 0.1) is 5.92 Å². The minimum Gasteiger partial charge on any atom is -0.383 e. The fourth-order valence-corrected chi connectivity index (χ4v) is 2.74. The van der Waals surface area contributed by atoms with Crippen molar-refractivity contribution in [2.75, 3.05) is 47.1 Å². The Morgan fingerprint density at radius 3 is 2.11 bits per heavy atom. The molecule has 2 saturated carbocycles. The number of rotatable bonds is 10. The number of hydrogen-bond donors (Lipinski definition) is 1. The van der Waals surface area contributed by atoms with Gasteiger partial charge in [-0.1, -0.05) is 0 Å². The van der Waals surface area contributed by atoms with E-state index in [9.17, 15) is 0 Å². The SMILES string of the molecule is COCCN(CCOC)C1CCC1CNC1CC1. The van der Waals surface area contributed by atoms with Gasteiger partial charge >= 0.3 is 0 Å². The summed E-state index contributed by atoms with van der Waals surface area (Å²) in [5.74, 6) is 0.833. The molecule has 18 heavy (non-hydrogen) atoms. The van der Waals surface area contributed by atoms with Gasteiger partial charge in [0, 0.05) is 39.4 Å². The molecule has 2 unspecified atom stereocenters. The first-order valence-electron chi connectivity index (χ1n) is 7.30. The van der Waals surface area contributed by atoms with Crippen LogP contribution in [0.4, 0.5) is 0 Å². The largest absolute Gasteiger partial charge is 0.383 e. The molecule has 0 radical (unpaired) electrons. The second kappa shape index (κ2) is 7.43. The quantitative estimate of drug-likeness (QED) is 0.635. The van der Waals surface area contributed by atoms with Crippen molar-refractivity contribution >= 4 is 0 Å². The molecule has 0 aromatic rings. The number of nitrogens with one attached hydrogen (secondary N) is 1. The Morgan fingerprint density at radius 2 is 1.67 bits per heavy atom. The molecular formula is C14H28N2O2. The number of methoxy groups -OCH3 is 2. The van der Waals surface area contributed by atoms with Gasteiger partial charge in [0.15, 0.2) is 0 Å². The summed E-state index contributed by atoms with van der Waals surface area (Å²) < 4.78 is 10.4. The summed E-state index contributed by atoms with van der Waals surface area (Å²) in [7, 11) is 3.56. The van der Waals surface area contributed by atoms with Crippen molar-refractivity contribution in [1.82, 2.24) is 10.2 Å². The number of ether oxygens (including phenoxy) is 2. The molecule has 0 heterocycles. The first kappa shape index (κ1) is 14.3. The lowest BCUT2D eigenvalue weighted by Gasteiger charge is -2.44. The van der Waals surface area contributed by atoms with Crippen LogP contribution in [0.3, 0.4) is 0 Å². The molecule has 2 atom stereocenters. The van der Waals surface area contributed by atoms with Gasteiger partial charge in [-0.2, -0.15) is 0 Å². The summed E-state index contributed by atoms with van der Waals surface area (Å²) in [5, 5.41) is 3.67. The minimum atomic E-state index is 0.738. The lowest BCUT2D eigenvalue weighted by Crippen LogP contribution is -2.52. The molecule has 4 heteroatoms. The van der Waals surface area contributed by atoms with Gasteiger partial charge in [-0.25, -0.2) is 0 Å². The Balaban J connectivity index is 1.72. The van der Waals surface area contributed by atoms with E-state index in [0.29, 0.717) is 0 Å². The maximum absolute atomic E-state index is 5.22. The Hall–Kier alpha value is -0.160. The van der Waals surface area contributed by atoms with Gasteiger partial charge in [0.1, 0.15) is 0 Å². The average Bonchev–Trinajstić information content (AvgIpc) is 3.15. The molecule has 1 N–H and O–H groups in total. The van der Waals surface area contributed by atoms with Crippen molar-refractivity contribution in [1.29, 1.82) is 0 Å². The lowest BCUT2D eigenvalue weighted by atomic mass is 9.78. The Kier molecular flexibility index (Phi) is 5.89. The highest BCUT2D eigenvalue weighted by atomic mass is 16.5. The second-order valence-electron chi connectivity index (χ2n) is 5.61. The predicted molar refractivity (Wildman–Crippen MR) is 72.9 cm³/mol. The third-order valence-corrected chi connectivity index (χ3v) is 4.26. The van der Waals surface area contributed by atoms with Crippen LogP contribution in [0.1, 0.15) is 25.7 Å². The van der Waals surface area contributed by atoms with E-state index in [4.69, 9.17) is 9.47 Å². The molecule has 0 spiro atoms. The molecule has 2 aliphatic rings. The second-order valence-corrected chi connectivity index (χ2v) is 5.61. The van der Waals surface area contributed by atoms with Gasteiger partial charge in [-0.05, 0) is 38.1 Å². The molecule has 0 aromatic carbocycles. The van der Waals surface area contributed by atoms with Crippen LogP contribution < -0.4 is 5.32 Å². The first-order valence-corrected chi connectivity index (χ1v) is 7.30. The maximum atomic E-state index is 5.22. The third-order valence-electron chi connectivity index (χ3n) is 4.26. The smallest absolute Gasteiger partial charge is 0.0589 e.